The molecule has 13 heteroatoms. The summed E-state index contributed by atoms with van der Waals surface area (Å²) in [7, 11) is -5.00. The first-order valence-corrected chi connectivity index (χ1v) is 25.4. The molecule has 1 rings (SSSR count). The van der Waals surface area contributed by atoms with Crippen molar-refractivity contribution in [2.24, 2.45) is 0 Å². The third kappa shape index (κ3) is 28.8. The first-order chi connectivity index (χ1) is 28.0. The van der Waals surface area contributed by atoms with Crippen LogP contribution in [0.1, 0.15) is 219 Å². The molecule has 1 aliphatic rings. The molecule has 0 spiro atoms. The van der Waals surface area contributed by atoms with Crippen molar-refractivity contribution in [3.63, 3.8) is 0 Å². The molecule has 0 aliphatic heterocycles. The van der Waals surface area contributed by atoms with Crippen LogP contribution < -0.4 is 0 Å². The van der Waals surface area contributed by atoms with Crippen molar-refractivity contribution in [3.05, 3.63) is 0 Å². The van der Waals surface area contributed by atoms with Crippen molar-refractivity contribution in [1.29, 1.82) is 0 Å². The molecular weight excluding hydrogens is 763 g/mol. The molecule has 1 aliphatic carbocycles. The second-order valence-electron chi connectivity index (χ2n) is 17.0. The standard InChI is InChI=1S/C45H89O12P/c1-3-5-7-9-11-13-14-15-16-17-18-19-20-21-22-23-24-25-26-27-29-31-33-35-54-36-38(56-39(46)34-32-30-28-12-10-8-6-4-2)37-55-58(52,53)57-45-43(50)41(48)40(47)42(49)44(45)51/h38,40-45,47-51H,3-37H2,1-2H3,(H,52,53). The second kappa shape index (κ2) is 36.9. The highest BCUT2D eigenvalue weighted by Crippen LogP contribution is 2.47. The lowest BCUT2D eigenvalue weighted by Crippen LogP contribution is -2.64. The Hall–Kier alpha value is -0.660. The smallest absolute Gasteiger partial charge is 0.457 e. The molecule has 0 aromatic rings. The summed E-state index contributed by atoms with van der Waals surface area (Å²) in [6, 6.07) is 0. The van der Waals surface area contributed by atoms with Crippen molar-refractivity contribution >= 4 is 13.8 Å². The fourth-order valence-corrected chi connectivity index (χ4v) is 8.62. The number of carbonyl (C=O) groups excluding carboxylic acids is 1. The largest absolute Gasteiger partial charge is 0.472 e. The molecule has 0 aromatic carbocycles. The Labute approximate surface area is 353 Å². The molecule has 0 heterocycles. The summed E-state index contributed by atoms with van der Waals surface area (Å²) in [5.74, 6) is -0.477. The zero-order chi connectivity index (χ0) is 42.7. The molecule has 6 unspecified atom stereocenters. The molecular formula is C45H89O12P. The van der Waals surface area contributed by atoms with Crippen molar-refractivity contribution < 1.29 is 58.3 Å². The fraction of sp³-hybridized carbons (Fsp3) is 0.978. The number of esters is 1. The van der Waals surface area contributed by atoms with Crippen LogP contribution in [0.25, 0.3) is 0 Å². The van der Waals surface area contributed by atoms with Gasteiger partial charge in [-0.15, -0.1) is 0 Å². The summed E-state index contributed by atoms with van der Waals surface area (Å²) in [4.78, 5) is 23.0. The van der Waals surface area contributed by atoms with Gasteiger partial charge >= 0.3 is 13.8 Å². The minimum atomic E-state index is -5.00. The second-order valence-corrected chi connectivity index (χ2v) is 18.4. The van der Waals surface area contributed by atoms with Crippen LogP contribution in [0.4, 0.5) is 0 Å². The van der Waals surface area contributed by atoms with Crippen LogP contribution in [0, 0.1) is 0 Å². The van der Waals surface area contributed by atoms with Gasteiger partial charge in [0.1, 0.15) is 42.7 Å². The van der Waals surface area contributed by atoms with E-state index in [1.54, 1.807) is 0 Å². The molecule has 6 atom stereocenters. The van der Waals surface area contributed by atoms with Gasteiger partial charge in [-0.05, 0) is 12.8 Å². The van der Waals surface area contributed by atoms with Crippen LogP contribution in [0.3, 0.4) is 0 Å². The number of hydrogen-bond donors (Lipinski definition) is 6. The van der Waals surface area contributed by atoms with Gasteiger partial charge in [0.15, 0.2) is 0 Å². The van der Waals surface area contributed by atoms with Gasteiger partial charge in [0.05, 0.1) is 13.2 Å². The maximum Gasteiger partial charge on any atom is 0.472 e. The molecule has 0 bridgehead atoms. The lowest BCUT2D eigenvalue weighted by molar-refractivity contribution is -0.220. The number of unbranched alkanes of at least 4 members (excludes halogenated alkanes) is 29. The van der Waals surface area contributed by atoms with Gasteiger partial charge in [0, 0.05) is 13.0 Å². The number of phosphoric ester groups is 1. The van der Waals surface area contributed by atoms with Crippen LogP contribution in [0.15, 0.2) is 0 Å². The topological polar surface area (TPSA) is 192 Å². The average Bonchev–Trinajstić information content (AvgIpc) is 3.21. The quantitative estimate of drug-likeness (QED) is 0.0194. The zero-order valence-corrected chi connectivity index (χ0v) is 37.8. The van der Waals surface area contributed by atoms with E-state index in [1.807, 2.05) is 0 Å². The predicted molar refractivity (Wildman–Crippen MR) is 230 cm³/mol. The van der Waals surface area contributed by atoms with Gasteiger partial charge < -0.3 is 39.9 Å². The number of hydrogen-bond acceptors (Lipinski definition) is 11. The van der Waals surface area contributed by atoms with Gasteiger partial charge in [-0.2, -0.15) is 0 Å². The Bertz CT molecular complexity index is 973. The Morgan fingerprint density at radius 1 is 0.483 bits per heavy atom. The van der Waals surface area contributed by atoms with Crippen molar-refractivity contribution in [3.8, 4) is 0 Å². The zero-order valence-electron chi connectivity index (χ0n) is 36.9. The third-order valence-electron chi connectivity index (χ3n) is 11.5. The van der Waals surface area contributed by atoms with E-state index in [0.717, 1.165) is 38.5 Å². The predicted octanol–water partition coefficient (Wildman–Crippen LogP) is 9.76. The van der Waals surface area contributed by atoms with Crippen molar-refractivity contribution in [1.82, 2.24) is 0 Å². The van der Waals surface area contributed by atoms with Crippen LogP contribution in [0.2, 0.25) is 0 Å². The number of aliphatic hydroxyl groups is 5. The molecule has 0 amide bonds. The summed E-state index contributed by atoms with van der Waals surface area (Å²) >= 11 is 0. The molecule has 0 aromatic heterocycles. The normalized spacial score (nSPS) is 22.6. The highest BCUT2D eigenvalue weighted by atomic mass is 31.2. The molecule has 346 valence electrons. The van der Waals surface area contributed by atoms with E-state index in [4.69, 9.17) is 18.5 Å². The molecule has 12 nitrogen and oxygen atoms in total. The number of carbonyl (C=O) groups is 1. The van der Waals surface area contributed by atoms with Gasteiger partial charge in [0.2, 0.25) is 0 Å². The Balaban J connectivity index is 2.24. The van der Waals surface area contributed by atoms with Crippen molar-refractivity contribution in [2.45, 2.75) is 262 Å². The van der Waals surface area contributed by atoms with Crippen LogP contribution in [-0.2, 0) is 27.9 Å². The molecule has 0 saturated heterocycles. The summed E-state index contributed by atoms with van der Waals surface area (Å²) in [5, 5.41) is 50.1. The highest BCUT2D eigenvalue weighted by Gasteiger charge is 2.51. The monoisotopic (exact) mass is 853 g/mol. The first kappa shape index (κ1) is 55.4. The minimum absolute atomic E-state index is 0.0687. The first-order valence-electron chi connectivity index (χ1n) is 23.9. The summed E-state index contributed by atoms with van der Waals surface area (Å²) in [5.41, 5.74) is 0. The Kier molecular flexibility index (Phi) is 35.3. The van der Waals surface area contributed by atoms with Gasteiger partial charge in [-0.1, -0.05) is 200 Å². The van der Waals surface area contributed by atoms with Gasteiger partial charge in [0.25, 0.3) is 0 Å². The van der Waals surface area contributed by atoms with E-state index in [9.17, 15) is 39.8 Å². The van der Waals surface area contributed by atoms with E-state index >= 15 is 0 Å². The van der Waals surface area contributed by atoms with Gasteiger partial charge in [-0.3, -0.25) is 13.8 Å². The molecule has 58 heavy (non-hydrogen) atoms. The summed E-state index contributed by atoms with van der Waals surface area (Å²) in [6.45, 7) is 4.25. The maximum absolute atomic E-state index is 12.8. The maximum atomic E-state index is 12.8. The van der Waals surface area contributed by atoms with E-state index in [-0.39, 0.29) is 13.0 Å². The number of aliphatic hydroxyl groups excluding tert-OH is 5. The molecule has 0 radical (unpaired) electrons. The van der Waals surface area contributed by atoms with E-state index in [2.05, 4.69) is 13.8 Å². The third-order valence-corrected chi connectivity index (χ3v) is 12.5. The highest BCUT2D eigenvalue weighted by molar-refractivity contribution is 7.47. The molecule has 1 saturated carbocycles. The van der Waals surface area contributed by atoms with E-state index < -0.39 is 63.1 Å². The summed E-state index contributed by atoms with van der Waals surface area (Å²) in [6.07, 6.45) is 26.4. The van der Waals surface area contributed by atoms with Crippen LogP contribution in [-0.4, -0.2) is 98.9 Å². The van der Waals surface area contributed by atoms with E-state index in [0.29, 0.717) is 13.0 Å². The Morgan fingerprint density at radius 3 is 1.19 bits per heavy atom. The van der Waals surface area contributed by atoms with Crippen LogP contribution >= 0.6 is 7.82 Å². The summed E-state index contributed by atoms with van der Waals surface area (Å²) < 4.78 is 34.1. The van der Waals surface area contributed by atoms with E-state index in [1.165, 1.54) is 154 Å². The number of ether oxygens (including phenoxy) is 2. The minimum Gasteiger partial charge on any atom is -0.457 e. The fourth-order valence-electron chi connectivity index (χ4n) is 7.65. The number of phosphoric acid groups is 1. The van der Waals surface area contributed by atoms with Crippen molar-refractivity contribution in [2.75, 3.05) is 19.8 Å². The lowest BCUT2D eigenvalue weighted by Gasteiger charge is -2.41. The lowest BCUT2D eigenvalue weighted by atomic mass is 9.85. The van der Waals surface area contributed by atoms with Gasteiger partial charge in [-0.25, -0.2) is 4.57 Å². The SMILES string of the molecule is CCCCCCCCCCCCCCCCCCCCCCCCCOCC(COP(=O)(O)OC1C(O)C(O)C(O)C(O)C1O)OC(=O)CCCCCCCCCC. The number of rotatable bonds is 41. The van der Waals surface area contributed by atoms with Crippen LogP contribution in [0.5, 0.6) is 0 Å². The molecule has 1 fully saturated rings. The average molecular weight is 853 g/mol. The molecule has 6 N–H and O–H groups in total. The Morgan fingerprint density at radius 2 is 0.810 bits per heavy atom.